The Kier molecular flexibility index (Phi) is 5.32. The molecule has 1 aliphatic heterocycles. The van der Waals surface area contributed by atoms with E-state index in [9.17, 15) is 4.39 Å². The Morgan fingerprint density at radius 1 is 1.22 bits per heavy atom. The maximum atomic E-state index is 13.8. The molecule has 4 rings (SSSR count). The summed E-state index contributed by atoms with van der Waals surface area (Å²) in [7, 11) is 0. The molecule has 1 aliphatic rings. The average molecular weight is 365 g/mol. The summed E-state index contributed by atoms with van der Waals surface area (Å²) in [6.07, 6.45) is 4.55. The van der Waals surface area contributed by atoms with Gasteiger partial charge in [-0.05, 0) is 49.6 Å². The fourth-order valence-corrected chi connectivity index (χ4v) is 3.49. The van der Waals surface area contributed by atoms with Gasteiger partial charge in [-0.25, -0.2) is 9.07 Å². The van der Waals surface area contributed by atoms with Crippen LogP contribution in [0.15, 0.2) is 54.7 Å². The molecule has 0 saturated carbocycles. The van der Waals surface area contributed by atoms with Crippen LogP contribution in [0.4, 0.5) is 4.39 Å². The SMILES string of the molecule is Cc1cccc(-n2cc(CNC[C@H]3CCCO3)c(-c3cccc(F)c3)n2)c1. The molecule has 0 amide bonds. The van der Waals surface area contributed by atoms with Crippen LogP contribution in [0, 0.1) is 12.7 Å². The number of halogens is 1. The first-order valence-electron chi connectivity index (χ1n) is 9.43. The Morgan fingerprint density at radius 3 is 2.89 bits per heavy atom. The van der Waals surface area contributed by atoms with Crippen LogP contribution < -0.4 is 5.32 Å². The van der Waals surface area contributed by atoms with Crippen molar-refractivity contribution >= 4 is 0 Å². The minimum atomic E-state index is -0.254. The zero-order valence-electron chi connectivity index (χ0n) is 15.5. The lowest BCUT2D eigenvalue weighted by Gasteiger charge is -2.10. The zero-order chi connectivity index (χ0) is 18.6. The quantitative estimate of drug-likeness (QED) is 0.710. The standard InChI is InChI=1S/C22H24FN3O/c1-16-5-2-8-20(11-16)26-15-18(13-24-14-21-9-4-10-27-21)22(25-26)17-6-3-7-19(23)12-17/h2-3,5-8,11-12,15,21,24H,4,9-10,13-14H2,1H3/t21-/m1/s1. The van der Waals surface area contributed by atoms with Gasteiger partial charge in [0.15, 0.2) is 0 Å². The van der Waals surface area contributed by atoms with Gasteiger partial charge in [-0.3, -0.25) is 0 Å². The minimum absolute atomic E-state index is 0.254. The van der Waals surface area contributed by atoms with E-state index >= 15 is 0 Å². The van der Waals surface area contributed by atoms with Crippen LogP contribution in [0.2, 0.25) is 0 Å². The van der Waals surface area contributed by atoms with Gasteiger partial charge < -0.3 is 10.1 Å². The first-order valence-corrected chi connectivity index (χ1v) is 9.43. The first-order chi connectivity index (χ1) is 13.2. The third-order valence-electron chi connectivity index (χ3n) is 4.87. The van der Waals surface area contributed by atoms with Crippen LogP contribution in [0.1, 0.15) is 24.0 Å². The van der Waals surface area contributed by atoms with Crippen LogP contribution in [0.5, 0.6) is 0 Å². The summed E-state index contributed by atoms with van der Waals surface area (Å²) >= 11 is 0. The second-order valence-electron chi connectivity index (χ2n) is 7.06. The van der Waals surface area contributed by atoms with E-state index in [0.717, 1.165) is 48.5 Å². The van der Waals surface area contributed by atoms with E-state index < -0.39 is 0 Å². The summed E-state index contributed by atoms with van der Waals surface area (Å²) in [5, 5.41) is 8.23. The predicted molar refractivity (Wildman–Crippen MR) is 104 cm³/mol. The fourth-order valence-electron chi connectivity index (χ4n) is 3.49. The smallest absolute Gasteiger partial charge is 0.123 e. The molecule has 0 aliphatic carbocycles. The Morgan fingerprint density at radius 2 is 2.11 bits per heavy atom. The van der Waals surface area contributed by atoms with Gasteiger partial charge in [-0.15, -0.1) is 0 Å². The van der Waals surface area contributed by atoms with Crippen molar-refractivity contribution in [3.63, 3.8) is 0 Å². The van der Waals surface area contributed by atoms with Crippen LogP contribution in [0.3, 0.4) is 0 Å². The molecular weight excluding hydrogens is 341 g/mol. The van der Waals surface area contributed by atoms with Crippen molar-refractivity contribution in [2.45, 2.75) is 32.4 Å². The van der Waals surface area contributed by atoms with Crippen molar-refractivity contribution < 1.29 is 9.13 Å². The number of rotatable bonds is 6. The molecule has 0 spiro atoms. The molecule has 2 heterocycles. The van der Waals surface area contributed by atoms with E-state index in [1.807, 2.05) is 29.1 Å². The van der Waals surface area contributed by atoms with Crippen molar-refractivity contribution in [3.8, 4) is 16.9 Å². The van der Waals surface area contributed by atoms with E-state index in [-0.39, 0.29) is 11.9 Å². The molecule has 3 aromatic rings. The number of benzene rings is 2. The average Bonchev–Trinajstić information content (AvgIpc) is 3.32. The van der Waals surface area contributed by atoms with Crippen molar-refractivity contribution in [3.05, 3.63) is 71.7 Å². The highest BCUT2D eigenvalue weighted by molar-refractivity contribution is 5.63. The molecule has 4 nitrogen and oxygen atoms in total. The van der Waals surface area contributed by atoms with E-state index in [1.165, 1.54) is 17.7 Å². The number of hydrogen-bond donors (Lipinski definition) is 1. The normalized spacial score (nSPS) is 16.7. The Bertz CT molecular complexity index is 915. The largest absolute Gasteiger partial charge is 0.377 e. The van der Waals surface area contributed by atoms with Crippen LogP contribution in [0.25, 0.3) is 16.9 Å². The third-order valence-corrected chi connectivity index (χ3v) is 4.87. The zero-order valence-corrected chi connectivity index (χ0v) is 15.5. The molecule has 1 N–H and O–H groups in total. The fraction of sp³-hybridized carbons (Fsp3) is 0.318. The van der Waals surface area contributed by atoms with Crippen molar-refractivity contribution in [1.29, 1.82) is 0 Å². The molecule has 140 valence electrons. The van der Waals surface area contributed by atoms with Gasteiger partial charge in [0.05, 0.1) is 17.5 Å². The molecular formula is C22H24FN3O. The maximum absolute atomic E-state index is 13.8. The number of ether oxygens (including phenoxy) is 1. The monoisotopic (exact) mass is 365 g/mol. The summed E-state index contributed by atoms with van der Waals surface area (Å²) < 4.78 is 21.3. The van der Waals surface area contributed by atoms with Crippen molar-refractivity contribution in [2.24, 2.45) is 0 Å². The lowest BCUT2D eigenvalue weighted by atomic mass is 10.1. The summed E-state index contributed by atoms with van der Waals surface area (Å²) in [5.74, 6) is -0.254. The molecule has 2 aromatic carbocycles. The minimum Gasteiger partial charge on any atom is -0.377 e. The Hall–Kier alpha value is -2.50. The molecule has 5 heteroatoms. The summed E-state index contributed by atoms with van der Waals surface area (Å²) in [4.78, 5) is 0. The number of nitrogens with one attached hydrogen (secondary N) is 1. The van der Waals surface area contributed by atoms with Gasteiger partial charge in [0.1, 0.15) is 5.82 Å². The molecule has 1 saturated heterocycles. The lowest BCUT2D eigenvalue weighted by molar-refractivity contribution is 0.110. The summed E-state index contributed by atoms with van der Waals surface area (Å²) in [5.41, 5.74) is 4.80. The van der Waals surface area contributed by atoms with E-state index in [4.69, 9.17) is 9.84 Å². The highest BCUT2D eigenvalue weighted by atomic mass is 19.1. The maximum Gasteiger partial charge on any atom is 0.123 e. The van der Waals surface area contributed by atoms with Crippen LogP contribution in [-0.2, 0) is 11.3 Å². The van der Waals surface area contributed by atoms with E-state index in [0.29, 0.717) is 6.54 Å². The van der Waals surface area contributed by atoms with Crippen molar-refractivity contribution in [1.82, 2.24) is 15.1 Å². The number of aryl methyl sites for hydroxylation is 1. The molecule has 1 fully saturated rings. The van der Waals surface area contributed by atoms with Gasteiger partial charge in [0, 0.05) is 37.0 Å². The van der Waals surface area contributed by atoms with E-state index in [2.05, 4.69) is 24.4 Å². The van der Waals surface area contributed by atoms with Gasteiger partial charge in [-0.1, -0.05) is 24.3 Å². The van der Waals surface area contributed by atoms with Gasteiger partial charge in [0.2, 0.25) is 0 Å². The number of aromatic nitrogens is 2. The Labute approximate surface area is 159 Å². The number of hydrogen-bond acceptors (Lipinski definition) is 3. The lowest BCUT2D eigenvalue weighted by Crippen LogP contribution is -2.25. The second-order valence-corrected chi connectivity index (χ2v) is 7.06. The molecule has 1 aromatic heterocycles. The van der Waals surface area contributed by atoms with Crippen LogP contribution in [-0.4, -0.2) is 29.0 Å². The predicted octanol–water partition coefficient (Wildman–Crippen LogP) is 4.26. The van der Waals surface area contributed by atoms with Gasteiger partial charge in [0.25, 0.3) is 0 Å². The van der Waals surface area contributed by atoms with Gasteiger partial charge >= 0.3 is 0 Å². The summed E-state index contributed by atoms with van der Waals surface area (Å²) in [6, 6.07) is 14.8. The molecule has 27 heavy (non-hydrogen) atoms. The molecule has 0 unspecified atom stereocenters. The summed E-state index contributed by atoms with van der Waals surface area (Å²) in [6.45, 7) is 4.40. The van der Waals surface area contributed by atoms with Crippen LogP contribution >= 0.6 is 0 Å². The van der Waals surface area contributed by atoms with E-state index in [1.54, 1.807) is 6.07 Å². The molecule has 0 radical (unpaired) electrons. The van der Waals surface area contributed by atoms with Gasteiger partial charge in [-0.2, -0.15) is 5.10 Å². The molecule has 1 atom stereocenters. The second kappa shape index (κ2) is 8.03. The first kappa shape index (κ1) is 17.9. The Balaban J connectivity index is 1.62. The number of nitrogens with zero attached hydrogens (tertiary/aromatic N) is 2. The molecule has 0 bridgehead atoms. The highest BCUT2D eigenvalue weighted by Gasteiger charge is 2.17. The topological polar surface area (TPSA) is 39.1 Å². The third kappa shape index (κ3) is 4.26. The van der Waals surface area contributed by atoms with Crippen molar-refractivity contribution in [2.75, 3.05) is 13.2 Å². The highest BCUT2D eigenvalue weighted by Crippen LogP contribution is 2.25.